The zero-order valence-electron chi connectivity index (χ0n) is 53.7. The van der Waals surface area contributed by atoms with Crippen LogP contribution in [0.5, 0.6) is 0 Å². The summed E-state index contributed by atoms with van der Waals surface area (Å²) < 4.78 is 16.9. The second-order valence-corrected chi connectivity index (χ2v) is 22.0. The molecule has 0 saturated heterocycles. The van der Waals surface area contributed by atoms with Crippen LogP contribution >= 0.6 is 0 Å². The lowest BCUT2D eigenvalue weighted by molar-refractivity contribution is -0.167. The Morgan fingerprint density at radius 1 is 0.253 bits per heavy atom. The summed E-state index contributed by atoms with van der Waals surface area (Å²) >= 11 is 0. The van der Waals surface area contributed by atoms with Crippen molar-refractivity contribution >= 4 is 17.9 Å². The second kappa shape index (κ2) is 69.5. The summed E-state index contributed by atoms with van der Waals surface area (Å²) in [5.41, 5.74) is 0. The maximum absolute atomic E-state index is 12.9. The summed E-state index contributed by atoms with van der Waals surface area (Å²) in [5, 5.41) is 0. The SMILES string of the molecule is CC/C=C\C/C=C\C/C=C\C/C=C\C/C=C\C/C=C\CCCCC(=O)OC(COC(=O)CCCCCCCCC/C=C\C/C=C\C/C=C\C/C=C\C/C=C\CC)COC(=O)CCCCCCCCCCC/C=C\C/C=C\CCCCCCC. The number of allylic oxidation sites excluding steroid dienone is 26. The van der Waals surface area contributed by atoms with E-state index in [1.54, 1.807) is 0 Å². The average molecular weight is 1150 g/mol. The molecule has 1 atom stereocenters. The molecule has 0 saturated carbocycles. The molecule has 6 nitrogen and oxygen atoms in total. The Morgan fingerprint density at radius 3 is 0.759 bits per heavy atom. The first-order chi connectivity index (χ1) is 41.0. The van der Waals surface area contributed by atoms with Gasteiger partial charge in [-0.3, -0.25) is 14.4 Å². The van der Waals surface area contributed by atoms with E-state index in [2.05, 4.69) is 179 Å². The molecule has 0 aromatic heterocycles. The Hall–Kier alpha value is -4.97. The lowest BCUT2D eigenvalue weighted by atomic mass is 10.1. The highest BCUT2D eigenvalue weighted by Gasteiger charge is 2.19. The van der Waals surface area contributed by atoms with Crippen LogP contribution in [0.15, 0.2) is 158 Å². The molecule has 0 N–H and O–H groups in total. The Balaban J connectivity index is 4.52. The van der Waals surface area contributed by atoms with Crippen LogP contribution in [0.25, 0.3) is 0 Å². The zero-order chi connectivity index (χ0) is 59.9. The van der Waals surface area contributed by atoms with Crippen LogP contribution in [-0.2, 0) is 28.6 Å². The van der Waals surface area contributed by atoms with Crippen molar-refractivity contribution < 1.29 is 28.6 Å². The first kappa shape index (κ1) is 78.0. The van der Waals surface area contributed by atoms with Crippen molar-refractivity contribution in [3.8, 4) is 0 Å². The molecule has 0 rings (SSSR count). The van der Waals surface area contributed by atoms with Gasteiger partial charge in [0, 0.05) is 19.3 Å². The Labute approximate surface area is 511 Å². The van der Waals surface area contributed by atoms with Crippen molar-refractivity contribution in [2.24, 2.45) is 0 Å². The van der Waals surface area contributed by atoms with Gasteiger partial charge < -0.3 is 14.2 Å². The van der Waals surface area contributed by atoms with Gasteiger partial charge in [-0.25, -0.2) is 0 Å². The number of unbranched alkanes of at least 4 members (excludes halogenated alkanes) is 23. The van der Waals surface area contributed by atoms with Gasteiger partial charge in [-0.15, -0.1) is 0 Å². The third-order valence-corrected chi connectivity index (χ3v) is 14.0. The van der Waals surface area contributed by atoms with E-state index in [1.807, 2.05) is 0 Å². The minimum Gasteiger partial charge on any atom is -0.462 e. The summed E-state index contributed by atoms with van der Waals surface area (Å²) in [7, 11) is 0. The molecule has 0 aliphatic carbocycles. The molecule has 0 heterocycles. The van der Waals surface area contributed by atoms with Gasteiger partial charge in [0.05, 0.1) is 0 Å². The van der Waals surface area contributed by atoms with Crippen molar-refractivity contribution in [3.63, 3.8) is 0 Å². The van der Waals surface area contributed by atoms with Gasteiger partial charge in [-0.05, 0) is 148 Å². The van der Waals surface area contributed by atoms with Crippen LogP contribution in [0, 0.1) is 0 Å². The minimum absolute atomic E-state index is 0.108. The third-order valence-electron chi connectivity index (χ3n) is 14.0. The summed E-state index contributed by atoms with van der Waals surface area (Å²) in [6.07, 6.45) is 101. The predicted octanol–water partition coefficient (Wildman–Crippen LogP) is 23.7. The van der Waals surface area contributed by atoms with Crippen molar-refractivity contribution in [2.45, 2.75) is 297 Å². The van der Waals surface area contributed by atoms with Gasteiger partial charge in [0.2, 0.25) is 0 Å². The van der Waals surface area contributed by atoms with Crippen LogP contribution in [0.1, 0.15) is 290 Å². The van der Waals surface area contributed by atoms with Crippen molar-refractivity contribution in [2.75, 3.05) is 13.2 Å². The molecule has 0 aromatic carbocycles. The van der Waals surface area contributed by atoms with Crippen molar-refractivity contribution in [1.82, 2.24) is 0 Å². The molecule has 0 aliphatic rings. The van der Waals surface area contributed by atoms with E-state index in [9.17, 15) is 14.4 Å². The summed E-state index contributed by atoms with van der Waals surface area (Å²) in [4.78, 5) is 38.5. The van der Waals surface area contributed by atoms with E-state index in [4.69, 9.17) is 14.2 Å². The molecular formula is C77H124O6. The maximum Gasteiger partial charge on any atom is 0.306 e. The molecule has 0 radical (unpaired) electrons. The molecular weight excluding hydrogens is 1020 g/mol. The summed E-state index contributed by atoms with van der Waals surface area (Å²) in [5.74, 6) is -0.965. The second-order valence-electron chi connectivity index (χ2n) is 22.0. The van der Waals surface area contributed by atoms with Gasteiger partial charge >= 0.3 is 17.9 Å². The van der Waals surface area contributed by atoms with Crippen LogP contribution < -0.4 is 0 Å². The van der Waals surface area contributed by atoms with Crippen molar-refractivity contribution in [3.05, 3.63) is 158 Å². The monoisotopic (exact) mass is 1140 g/mol. The maximum atomic E-state index is 12.9. The number of hydrogen-bond donors (Lipinski definition) is 0. The fourth-order valence-electron chi connectivity index (χ4n) is 8.97. The number of carbonyl (C=O) groups excluding carboxylic acids is 3. The summed E-state index contributed by atoms with van der Waals surface area (Å²) in [6, 6.07) is 0. The number of carbonyl (C=O) groups is 3. The molecule has 0 bridgehead atoms. The van der Waals surface area contributed by atoms with Crippen LogP contribution in [0.4, 0.5) is 0 Å². The lowest BCUT2D eigenvalue weighted by Gasteiger charge is -2.18. The molecule has 0 spiro atoms. The van der Waals surface area contributed by atoms with E-state index in [-0.39, 0.29) is 37.5 Å². The van der Waals surface area contributed by atoms with Gasteiger partial charge in [0.25, 0.3) is 0 Å². The van der Waals surface area contributed by atoms with Crippen LogP contribution in [-0.4, -0.2) is 37.2 Å². The predicted molar refractivity (Wildman–Crippen MR) is 362 cm³/mol. The van der Waals surface area contributed by atoms with Crippen LogP contribution in [0.2, 0.25) is 0 Å². The normalized spacial score (nSPS) is 13.1. The largest absolute Gasteiger partial charge is 0.462 e. The van der Waals surface area contributed by atoms with Gasteiger partial charge in [0.15, 0.2) is 6.10 Å². The molecule has 468 valence electrons. The average Bonchev–Trinajstić information content (AvgIpc) is 3.49. The van der Waals surface area contributed by atoms with Crippen LogP contribution in [0.3, 0.4) is 0 Å². The zero-order valence-corrected chi connectivity index (χ0v) is 53.7. The van der Waals surface area contributed by atoms with E-state index in [0.29, 0.717) is 19.3 Å². The highest BCUT2D eigenvalue weighted by Crippen LogP contribution is 2.15. The first-order valence-corrected chi connectivity index (χ1v) is 34.0. The molecule has 0 aliphatic heterocycles. The number of esters is 3. The van der Waals surface area contributed by atoms with Gasteiger partial charge in [0.1, 0.15) is 13.2 Å². The lowest BCUT2D eigenvalue weighted by Crippen LogP contribution is -2.30. The quantitative estimate of drug-likeness (QED) is 0.0261. The molecule has 1 unspecified atom stereocenters. The topological polar surface area (TPSA) is 78.9 Å². The number of hydrogen-bond acceptors (Lipinski definition) is 6. The minimum atomic E-state index is -0.818. The Kier molecular flexibility index (Phi) is 65.4. The highest BCUT2D eigenvalue weighted by molar-refractivity contribution is 5.71. The van der Waals surface area contributed by atoms with Gasteiger partial charge in [-0.1, -0.05) is 281 Å². The fourth-order valence-corrected chi connectivity index (χ4v) is 8.97. The molecule has 0 fully saturated rings. The number of rotatable bonds is 60. The molecule has 0 amide bonds. The number of ether oxygens (including phenoxy) is 3. The standard InChI is InChI=1S/C77H124O6/c1-4-7-10-13-16-19-22-25-28-31-34-37-38-41-43-46-49-52-55-58-61-64-67-70-76(79)82-73-74(83-77(80)71-68-65-62-59-56-53-50-47-44-40-36-33-30-27-24-21-18-15-12-9-6-3)72-81-75(78)69-66-63-60-57-54-51-48-45-42-39-35-32-29-26-23-20-17-14-11-8-5-2/h7,9-10,12,16,18-19,21,23,25-28,30,32,34-37,40-41,43,47,50,56,59,74H,4-6,8,11,13-15,17,20,22,24,29,31,33,38-39,42,44-46,48-49,51-55,57-58,60-73H2,1-3H3/b10-7-,12-9-,19-16-,21-18-,26-23-,28-25-,30-27-,35-32-,37-34-,40-36-,43-41-,50-47-,59-56-. The van der Waals surface area contributed by atoms with E-state index >= 15 is 0 Å². The highest BCUT2D eigenvalue weighted by atomic mass is 16.6. The third kappa shape index (κ3) is 67.7. The van der Waals surface area contributed by atoms with E-state index < -0.39 is 6.10 Å². The molecule has 0 aromatic rings. The first-order valence-electron chi connectivity index (χ1n) is 34.0. The Morgan fingerprint density at radius 2 is 0.470 bits per heavy atom. The molecule has 6 heteroatoms. The molecule has 83 heavy (non-hydrogen) atoms. The Bertz CT molecular complexity index is 1840. The summed E-state index contributed by atoms with van der Waals surface area (Å²) in [6.45, 7) is 6.37. The van der Waals surface area contributed by atoms with E-state index in [0.717, 1.165) is 135 Å². The fraction of sp³-hybridized carbons (Fsp3) is 0.623. The smallest absolute Gasteiger partial charge is 0.306 e. The van der Waals surface area contributed by atoms with Gasteiger partial charge in [-0.2, -0.15) is 0 Å². The van der Waals surface area contributed by atoms with Crippen molar-refractivity contribution in [1.29, 1.82) is 0 Å². The van der Waals surface area contributed by atoms with E-state index in [1.165, 1.54) is 109 Å².